The Morgan fingerprint density at radius 3 is 2.81 bits per heavy atom. The number of ether oxygens (including phenoxy) is 1. The van der Waals surface area contributed by atoms with Crippen LogP contribution >= 0.6 is 0 Å². The number of aromatic nitrogens is 2. The van der Waals surface area contributed by atoms with Gasteiger partial charge in [0.2, 0.25) is 5.82 Å². The molecular weight excluding hydrogens is 273 g/mol. The van der Waals surface area contributed by atoms with Gasteiger partial charge >= 0.3 is 5.97 Å². The number of nitrogens with zero attached hydrogens (tertiary/aromatic N) is 2. The van der Waals surface area contributed by atoms with E-state index in [9.17, 15) is 9.18 Å². The zero-order valence-electron chi connectivity index (χ0n) is 12.1. The standard InChI is InChI=1S/C15H16FN3O2/c1-9-4-5-11(8-12(9)16)10(2)18-13-6-7-17-14(19-13)15(20)21-3/h4-8,10H,1-3H3,(H,17,18,19). The van der Waals surface area contributed by atoms with Crippen LogP contribution in [0.1, 0.15) is 34.7 Å². The number of carbonyl (C=O) groups excluding carboxylic acids is 1. The van der Waals surface area contributed by atoms with Crippen molar-refractivity contribution >= 4 is 11.8 Å². The molecule has 1 atom stereocenters. The van der Waals surface area contributed by atoms with Gasteiger partial charge in [-0.3, -0.25) is 0 Å². The highest BCUT2D eigenvalue weighted by atomic mass is 19.1. The van der Waals surface area contributed by atoms with Gasteiger partial charge in [-0.15, -0.1) is 0 Å². The first-order chi connectivity index (χ1) is 10.0. The van der Waals surface area contributed by atoms with Gasteiger partial charge in [0.25, 0.3) is 0 Å². The summed E-state index contributed by atoms with van der Waals surface area (Å²) in [4.78, 5) is 19.3. The lowest BCUT2D eigenvalue weighted by Gasteiger charge is -2.15. The summed E-state index contributed by atoms with van der Waals surface area (Å²) in [5.74, 6) is -0.407. The lowest BCUT2D eigenvalue weighted by Crippen LogP contribution is -2.12. The first-order valence-electron chi connectivity index (χ1n) is 6.45. The molecule has 6 heteroatoms. The van der Waals surface area contributed by atoms with Crippen LogP contribution in [0.2, 0.25) is 0 Å². The number of esters is 1. The predicted molar refractivity (Wildman–Crippen MR) is 76.5 cm³/mol. The molecule has 1 N–H and O–H groups in total. The molecule has 2 rings (SSSR count). The van der Waals surface area contributed by atoms with E-state index in [4.69, 9.17) is 0 Å². The molecule has 5 nitrogen and oxygen atoms in total. The summed E-state index contributed by atoms with van der Waals surface area (Å²) in [6.45, 7) is 3.59. The third-order valence-electron chi connectivity index (χ3n) is 3.08. The molecule has 0 aliphatic carbocycles. The van der Waals surface area contributed by atoms with Crippen molar-refractivity contribution in [2.24, 2.45) is 0 Å². The monoisotopic (exact) mass is 289 g/mol. The Hall–Kier alpha value is -2.50. The molecule has 0 spiro atoms. The third-order valence-corrected chi connectivity index (χ3v) is 3.08. The fourth-order valence-corrected chi connectivity index (χ4v) is 1.81. The molecule has 1 aromatic carbocycles. The van der Waals surface area contributed by atoms with Crippen LogP contribution < -0.4 is 5.32 Å². The SMILES string of the molecule is COC(=O)c1nccc(NC(C)c2ccc(C)c(F)c2)n1. The smallest absolute Gasteiger partial charge is 0.376 e. The summed E-state index contributed by atoms with van der Waals surface area (Å²) >= 11 is 0. The summed E-state index contributed by atoms with van der Waals surface area (Å²) in [5, 5.41) is 3.10. The number of benzene rings is 1. The molecular formula is C15H16FN3O2. The van der Waals surface area contributed by atoms with Crippen LogP contribution in [0.4, 0.5) is 10.2 Å². The van der Waals surface area contributed by atoms with Crippen molar-refractivity contribution in [1.82, 2.24) is 9.97 Å². The Morgan fingerprint density at radius 1 is 1.38 bits per heavy atom. The fraction of sp³-hybridized carbons (Fsp3) is 0.267. The van der Waals surface area contributed by atoms with E-state index in [0.717, 1.165) is 5.56 Å². The number of halogens is 1. The molecule has 0 saturated heterocycles. The Balaban J connectivity index is 2.17. The molecule has 1 unspecified atom stereocenters. The fourth-order valence-electron chi connectivity index (χ4n) is 1.81. The Kier molecular flexibility index (Phi) is 4.47. The van der Waals surface area contributed by atoms with E-state index in [-0.39, 0.29) is 17.7 Å². The van der Waals surface area contributed by atoms with Gasteiger partial charge in [0.15, 0.2) is 0 Å². The van der Waals surface area contributed by atoms with Gasteiger partial charge in [-0.05, 0) is 37.1 Å². The van der Waals surface area contributed by atoms with E-state index in [1.54, 1.807) is 19.1 Å². The highest BCUT2D eigenvalue weighted by Gasteiger charge is 2.12. The van der Waals surface area contributed by atoms with Gasteiger partial charge < -0.3 is 10.1 Å². The van der Waals surface area contributed by atoms with E-state index in [1.165, 1.54) is 19.4 Å². The lowest BCUT2D eigenvalue weighted by atomic mass is 10.1. The largest absolute Gasteiger partial charge is 0.463 e. The average molecular weight is 289 g/mol. The van der Waals surface area contributed by atoms with Crippen molar-refractivity contribution < 1.29 is 13.9 Å². The van der Waals surface area contributed by atoms with Crippen molar-refractivity contribution in [2.45, 2.75) is 19.9 Å². The molecule has 0 fully saturated rings. The zero-order valence-corrected chi connectivity index (χ0v) is 12.1. The number of anilines is 1. The second-order valence-electron chi connectivity index (χ2n) is 4.63. The van der Waals surface area contributed by atoms with Crippen LogP contribution in [-0.2, 0) is 4.74 Å². The number of carbonyl (C=O) groups is 1. The molecule has 1 heterocycles. The molecule has 110 valence electrons. The van der Waals surface area contributed by atoms with Gasteiger partial charge in [0.1, 0.15) is 11.6 Å². The van der Waals surface area contributed by atoms with Crippen LogP contribution in [0.3, 0.4) is 0 Å². The minimum Gasteiger partial charge on any atom is -0.463 e. The highest BCUT2D eigenvalue weighted by Crippen LogP contribution is 2.20. The molecule has 0 amide bonds. The number of hydrogen-bond acceptors (Lipinski definition) is 5. The van der Waals surface area contributed by atoms with E-state index in [1.807, 2.05) is 13.0 Å². The number of hydrogen-bond donors (Lipinski definition) is 1. The molecule has 0 aliphatic rings. The molecule has 0 bridgehead atoms. The van der Waals surface area contributed by atoms with Crippen molar-refractivity contribution in [3.8, 4) is 0 Å². The normalized spacial score (nSPS) is 11.8. The molecule has 0 aliphatic heterocycles. The maximum absolute atomic E-state index is 13.6. The first-order valence-corrected chi connectivity index (χ1v) is 6.45. The summed E-state index contributed by atoms with van der Waals surface area (Å²) in [5.41, 5.74) is 1.39. The average Bonchev–Trinajstić information content (AvgIpc) is 2.49. The number of rotatable bonds is 4. The maximum atomic E-state index is 13.6. The second-order valence-corrected chi connectivity index (χ2v) is 4.63. The summed E-state index contributed by atoms with van der Waals surface area (Å²) in [7, 11) is 1.27. The number of aryl methyl sites for hydroxylation is 1. The van der Waals surface area contributed by atoms with Crippen molar-refractivity contribution in [2.75, 3.05) is 12.4 Å². The van der Waals surface area contributed by atoms with E-state index in [0.29, 0.717) is 11.4 Å². The molecule has 0 radical (unpaired) electrons. The van der Waals surface area contributed by atoms with E-state index >= 15 is 0 Å². The Bertz CT molecular complexity index is 661. The number of nitrogens with one attached hydrogen (secondary N) is 1. The van der Waals surface area contributed by atoms with Crippen molar-refractivity contribution in [3.05, 3.63) is 53.2 Å². The third kappa shape index (κ3) is 3.53. The van der Waals surface area contributed by atoms with Crippen LogP contribution in [-0.4, -0.2) is 23.0 Å². The zero-order chi connectivity index (χ0) is 15.4. The molecule has 1 aromatic heterocycles. The van der Waals surface area contributed by atoms with Crippen LogP contribution in [0.5, 0.6) is 0 Å². The Labute approximate surface area is 122 Å². The lowest BCUT2D eigenvalue weighted by molar-refractivity contribution is 0.0587. The topological polar surface area (TPSA) is 64.1 Å². The number of methoxy groups -OCH3 is 1. The first kappa shape index (κ1) is 14.9. The minimum atomic E-state index is -0.604. The molecule has 0 saturated carbocycles. The van der Waals surface area contributed by atoms with Gasteiger partial charge in [0, 0.05) is 6.20 Å². The summed E-state index contributed by atoms with van der Waals surface area (Å²) in [6.07, 6.45) is 1.46. The maximum Gasteiger partial charge on any atom is 0.376 e. The van der Waals surface area contributed by atoms with E-state index < -0.39 is 5.97 Å². The van der Waals surface area contributed by atoms with Gasteiger partial charge in [-0.2, -0.15) is 0 Å². The quantitative estimate of drug-likeness (QED) is 0.877. The molecule has 21 heavy (non-hydrogen) atoms. The van der Waals surface area contributed by atoms with Crippen LogP contribution in [0, 0.1) is 12.7 Å². The van der Waals surface area contributed by atoms with Gasteiger partial charge in [0.05, 0.1) is 13.2 Å². The predicted octanol–water partition coefficient (Wildman–Crippen LogP) is 2.88. The van der Waals surface area contributed by atoms with Gasteiger partial charge in [-0.1, -0.05) is 12.1 Å². The van der Waals surface area contributed by atoms with Crippen molar-refractivity contribution in [1.29, 1.82) is 0 Å². The van der Waals surface area contributed by atoms with Crippen LogP contribution in [0.25, 0.3) is 0 Å². The van der Waals surface area contributed by atoms with Gasteiger partial charge in [-0.25, -0.2) is 19.2 Å². The second kappa shape index (κ2) is 6.30. The van der Waals surface area contributed by atoms with Crippen LogP contribution in [0.15, 0.2) is 30.5 Å². The Morgan fingerprint density at radius 2 is 2.14 bits per heavy atom. The highest BCUT2D eigenvalue weighted by molar-refractivity contribution is 5.85. The molecule has 2 aromatic rings. The summed E-state index contributed by atoms with van der Waals surface area (Å²) in [6, 6.07) is 6.52. The van der Waals surface area contributed by atoms with E-state index in [2.05, 4.69) is 20.0 Å². The summed E-state index contributed by atoms with van der Waals surface area (Å²) < 4.78 is 18.1. The van der Waals surface area contributed by atoms with Crippen molar-refractivity contribution in [3.63, 3.8) is 0 Å². The minimum absolute atomic E-state index is 0.0233.